The SMILES string of the molecule is CC(C)(C)c1cc(Oc2ccc3c4cc(-c5ccccc5)cc5c4c4c(cnn4c3c2)C(C)(C)C5(C)C)cc(N2CN(c3c(-c4cccc(-c5ccccc5)c4)cccc3-c3cccc(-c4ccccc4)c3)c3ccccc32)c1. The quantitative estimate of drug-likeness (QED) is 0.135. The van der Waals surface area contributed by atoms with Gasteiger partial charge in [0, 0.05) is 50.7 Å². The van der Waals surface area contributed by atoms with E-state index < -0.39 is 0 Å². The van der Waals surface area contributed by atoms with Crippen LogP contribution in [0, 0.1) is 0 Å². The van der Waals surface area contributed by atoms with Crippen LogP contribution < -0.4 is 14.5 Å². The van der Waals surface area contributed by atoms with E-state index in [2.05, 4.69) is 300 Å². The summed E-state index contributed by atoms with van der Waals surface area (Å²) >= 11 is 0. The molecule has 0 N–H and O–H groups in total. The standard InChI is InChI=1S/C74H62N4O/c1-72(2,3)56-42-57(44-59(43-56)79-58-36-37-62-63-40-55(50-26-15-10-16-27-50)41-64-69(63)71-65(74(6,7)73(64,4)5)46-75-78(71)68(62)45-58)76-47-77(67-35-18-17-34-66(67)76)70-60(53-30-19-28-51(38-53)48-22-11-8-12-23-48)32-21-33-61(70)54-31-20-29-52(39-54)49-24-13-9-14-25-49/h8-46H,47H2,1-7H3. The molecule has 79 heavy (non-hydrogen) atoms. The number of rotatable bonds is 9. The molecule has 14 rings (SSSR count). The van der Waals surface area contributed by atoms with Crippen LogP contribution in [0.2, 0.25) is 0 Å². The Balaban J connectivity index is 0.901. The van der Waals surface area contributed by atoms with E-state index in [9.17, 15) is 0 Å². The minimum Gasteiger partial charge on any atom is -0.457 e. The van der Waals surface area contributed by atoms with Gasteiger partial charge in [-0.3, -0.25) is 0 Å². The first-order chi connectivity index (χ1) is 38.3. The summed E-state index contributed by atoms with van der Waals surface area (Å²) in [6.45, 7) is 17.0. The number of hydrogen-bond acceptors (Lipinski definition) is 4. The lowest BCUT2D eigenvalue weighted by Crippen LogP contribution is -2.42. The second-order valence-corrected chi connectivity index (χ2v) is 23.7. The molecule has 0 radical (unpaired) electrons. The van der Waals surface area contributed by atoms with Crippen LogP contribution in [-0.4, -0.2) is 16.3 Å². The van der Waals surface area contributed by atoms with Gasteiger partial charge in [0.05, 0.1) is 34.3 Å². The van der Waals surface area contributed by atoms with Crippen molar-refractivity contribution >= 4 is 49.9 Å². The monoisotopic (exact) mass is 1020 g/mol. The normalized spacial score (nSPS) is 14.4. The van der Waals surface area contributed by atoms with Crippen LogP contribution in [0.1, 0.15) is 65.2 Å². The zero-order valence-electron chi connectivity index (χ0n) is 45.9. The lowest BCUT2D eigenvalue weighted by atomic mass is 9.57. The van der Waals surface area contributed by atoms with E-state index in [1.54, 1.807) is 0 Å². The number of aromatic nitrogens is 2. The molecule has 0 bridgehead atoms. The van der Waals surface area contributed by atoms with Gasteiger partial charge < -0.3 is 14.5 Å². The molecule has 0 atom stereocenters. The third-order valence-electron chi connectivity index (χ3n) is 17.6. The molecular formula is C74H62N4O. The van der Waals surface area contributed by atoms with E-state index in [1.807, 2.05) is 0 Å². The second-order valence-electron chi connectivity index (χ2n) is 23.7. The van der Waals surface area contributed by atoms with E-state index in [-0.39, 0.29) is 16.2 Å². The number of anilines is 4. The number of benzene rings is 10. The van der Waals surface area contributed by atoms with Crippen molar-refractivity contribution in [3.63, 3.8) is 0 Å². The lowest BCUT2D eigenvalue weighted by Gasteiger charge is -2.45. The minimum absolute atomic E-state index is 0.152. The minimum atomic E-state index is -0.178. The molecule has 1 aliphatic heterocycles. The van der Waals surface area contributed by atoms with Crippen molar-refractivity contribution in [2.45, 2.75) is 64.7 Å². The summed E-state index contributed by atoms with van der Waals surface area (Å²) in [4.78, 5) is 4.99. The fourth-order valence-corrected chi connectivity index (χ4v) is 12.6. The predicted octanol–water partition coefficient (Wildman–Crippen LogP) is 19.9. The molecule has 0 spiro atoms. The molecule has 384 valence electrons. The third-order valence-corrected chi connectivity index (χ3v) is 17.6. The van der Waals surface area contributed by atoms with Gasteiger partial charge in [0.15, 0.2) is 0 Å². The van der Waals surface area contributed by atoms with Crippen LogP contribution >= 0.6 is 0 Å². The molecule has 3 heterocycles. The van der Waals surface area contributed by atoms with E-state index in [0.717, 1.165) is 67.4 Å². The molecule has 0 saturated heterocycles. The third kappa shape index (κ3) is 7.93. The molecule has 2 aromatic heterocycles. The van der Waals surface area contributed by atoms with Crippen LogP contribution in [0.25, 0.3) is 82.8 Å². The highest BCUT2D eigenvalue weighted by Gasteiger charge is 2.46. The van der Waals surface area contributed by atoms with E-state index >= 15 is 0 Å². The maximum absolute atomic E-state index is 7.16. The second kappa shape index (κ2) is 18.2. The van der Waals surface area contributed by atoms with E-state index in [4.69, 9.17) is 9.84 Å². The zero-order chi connectivity index (χ0) is 53.8. The Morgan fingerprint density at radius 2 is 0.962 bits per heavy atom. The molecule has 12 aromatic rings. The van der Waals surface area contributed by atoms with Gasteiger partial charge in [0.2, 0.25) is 0 Å². The largest absolute Gasteiger partial charge is 0.457 e. The van der Waals surface area contributed by atoms with Gasteiger partial charge in [-0.25, -0.2) is 4.52 Å². The summed E-state index contributed by atoms with van der Waals surface area (Å²) in [5.41, 5.74) is 21.8. The highest BCUT2D eigenvalue weighted by atomic mass is 16.5. The first-order valence-electron chi connectivity index (χ1n) is 27.7. The van der Waals surface area contributed by atoms with Gasteiger partial charge in [-0.2, -0.15) is 5.10 Å². The first-order valence-corrected chi connectivity index (χ1v) is 27.7. The number of para-hydroxylation sites is 3. The molecule has 0 unspecified atom stereocenters. The van der Waals surface area contributed by atoms with Crippen molar-refractivity contribution in [1.29, 1.82) is 0 Å². The van der Waals surface area contributed by atoms with Crippen molar-refractivity contribution < 1.29 is 4.74 Å². The predicted molar refractivity (Wildman–Crippen MR) is 331 cm³/mol. The average molecular weight is 1020 g/mol. The Kier molecular flexibility index (Phi) is 11.1. The van der Waals surface area contributed by atoms with Crippen LogP contribution in [0.15, 0.2) is 237 Å². The molecule has 5 heteroatoms. The van der Waals surface area contributed by atoms with Crippen molar-refractivity contribution in [2.24, 2.45) is 0 Å². The Hall–Kier alpha value is -9.19. The molecule has 10 aromatic carbocycles. The summed E-state index contributed by atoms with van der Waals surface area (Å²) in [6.07, 6.45) is 2.11. The molecular weight excluding hydrogens is 961 g/mol. The van der Waals surface area contributed by atoms with Gasteiger partial charge in [0.1, 0.15) is 18.2 Å². The molecule has 1 aliphatic carbocycles. The Morgan fingerprint density at radius 1 is 0.430 bits per heavy atom. The maximum Gasteiger partial charge on any atom is 0.129 e. The summed E-state index contributed by atoms with van der Waals surface area (Å²) in [5.74, 6) is 1.54. The van der Waals surface area contributed by atoms with Crippen LogP contribution in [0.4, 0.5) is 22.7 Å². The summed E-state index contributed by atoms with van der Waals surface area (Å²) in [6, 6.07) is 84.1. The summed E-state index contributed by atoms with van der Waals surface area (Å²) in [5, 5.41) is 8.87. The fraction of sp³-hybridized carbons (Fsp3) is 0.149. The first kappa shape index (κ1) is 48.2. The Labute approximate surface area is 463 Å². The molecule has 5 nitrogen and oxygen atoms in total. The molecule has 0 fully saturated rings. The summed E-state index contributed by atoms with van der Waals surface area (Å²) in [7, 11) is 0. The van der Waals surface area contributed by atoms with Crippen LogP contribution in [-0.2, 0) is 16.2 Å². The van der Waals surface area contributed by atoms with E-state index in [0.29, 0.717) is 6.67 Å². The number of fused-ring (bicyclic) bond motifs is 4. The average Bonchev–Trinajstić information content (AvgIpc) is 2.73. The van der Waals surface area contributed by atoms with Gasteiger partial charge in [-0.1, -0.05) is 206 Å². The fourth-order valence-electron chi connectivity index (χ4n) is 12.6. The number of pyridine rings is 1. The van der Waals surface area contributed by atoms with E-state index in [1.165, 1.54) is 66.4 Å². The molecule has 0 amide bonds. The van der Waals surface area contributed by atoms with Gasteiger partial charge in [-0.15, -0.1) is 0 Å². The Morgan fingerprint density at radius 3 is 1.57 bits per heavy atom. The van der Waals surface area contributed by atoms with Crippen molar-refractivity contribution in [3.05, 3.63) is 253 Å². The van der Waals surface area contributed by atoms with Crippen LogP contribution in [0.5, 0.6) is 11.5 Å². The zero-order valence-corrected chi connectivity index (χ0v) is 45.9. The van der Waals surface area contributed by atoms with Crippen molar-refractivity contribution in [1.82, 2.24) is 9.61 Å². The van der Waals surface area contributed by atoms with Gasteiger partial charge in [-0.05, 0) is 133 Å². The molecule has 0 saturated carbocycles. The molecule has 2 aliphatic rings. The smallest absolute Gasteiger partial charge is 0.129 e. The summed E-state index contributed by atoms with van der Waals surface area (Å²) < 4.78 is 9.34. The van der Waals surface area contributed by atoms with Gasteiger partial charge in [0.25, 0.3) is 0 Å². The van der Waals surface area contributed by atoms with Crippen molar-refractivity contribution in [3.8, 4) is 67.1 Å². The number of ether oxygens (including phenoxy) is 1. The highest BCUT2D eigenvalue weighted by Crippen LogP contribution is 2.56. The lowest BCUT2D eigenvalue weighted by molar-refractivity contribution is 0.304. The highest BCUT2D eigenvalue weighted by molar-refractivity contribution is 6.17. The van der Waals surface area contributed by atoms with Gasteiger partial charge >= 0.3 is 0 Å². The topological polar surface area (TPSA) is 33.0 Å². The maximum atomic E-state index is 7.16. The van der Waals surface area contributed by atoms with Crippen molar-refractivity contribution in [2.75, 3.05) is 16.5 Å². The number of nitrogens with zero attached hydrogens (tertiary/aromatic N) is 4. The number of hydrogen-bond donors (Lipinski definition) is 0. The Bertz CT molecular complexity index is 4250. The van der Waals surface area contributed by atoms with Crippen LogP contribution in [0.3, 0.4) is 0 Å².